The van der Waals surface area contributed by atoms with Crippen molar-refractivity contribution in [2.75, 3.05) is 7.11 Å². The van der Waals surface area contributed by atoms with Crippen molar-refractivity contribution >= 4 is 44.7 Å². The minimum Gasteiger partial charge on any atom is -0.496 e. The van der Waals surface area contributed by atoms with Crippen LogP contribution in [0.2, 0.25) is 0 Å². The van der Waals surface area contributed by atoms with E-state index in [-0.39, 0.29) is 5.56 Å². The van der Waals surface area contributed by atoms with Crippen LogP contribution in [-0.4, -0.2) is 16.7 Å². The van der Waals surface area contributed by atoms with Crippen molar-refractivity contribution < 1.29 is 4.74 Å². The molecule has 4 aromatic rings. The van der Waals surface area contributed by atoms with Crippen LogP contribution in [0.15, 0.2) is 51.0 Å². The maximum Gasteiger partial charge on any atom is 0.263 e. The predicted molar refractivity (Wildman–Crippen MR) is 120 cm³/mol. The molecule has 0 saturated heterocycles. The molecule has 28 heavy (non-hydrogen) atoms. The number of ether oxygens (including phenoxy) is 1. The smallest absolute Gasteiger partial charge is 0.263 e. The van der Waals surface area contributed by atoms with Gasteiger partial charge in [0.2, 0.25) is 0 Å². The van der Waals surface area contributed by atoms with Crippen molar-refractivity contribution in [2.45, 2.75) is 31.3 Å². The molecule has 0 saturated carbocycles. The maximum atomic E-state index is 13.2. The fraction of sp³-hybridized carbons (Fsp3) is 0.238. The first-order chi connectivity index (χ1) is 13.6. The van der Waals surface area contributed by atoms with Gasteiger partial charge in [-0.15, -0.1) is 22.7 Å². The van der Waals surface area contributed by atoms with Crippen LogP contribution in [0, 0.1) is 6.92 Å². The molecule has 1 aromatic carbocycles. The summed E-state index contributed by atoms with van der Waals surface area (Å²) >= 11 is 4.76. The van der Waals surface area contributed by atoms with E-state index in [1.165, 1.54) is 16.9 Å². The van der Waals surface area contributed by atoms with Crippen molar-refractivity contribution in [3.8, 4) is 16.2 Å². The van der Waals surface area contributed by atoms with Crippen LogP contribution in [0.1, 0.15) is 18.1 Å². The monoisotopic (exact) mass is 428 g/mol. The lowest BCUT2D eigenvalue weighted by Crippen LogP contribution is -2.22. The molecule has 0 aliphatic carbocycles. The molecule has 3 heterocycles. The molecule has 144 valence electrons. The number of aryl methyl sites for hydroxylation is 1. The second kappa shape index (κ2) is 8.11. The fourth-order valence-electron chi connectivity index (χ4n) is 3.17. The van der Waals surface area contributed by atoms with Crippen LogP contribution in [0.25, 0.3) is 20.7 Å². The average molecular weight is 429 g/mol. The molecule has 0 fully saturated rings. The first-order valence-corrected chi connectivity index (χ1v) is 11.7. The van der Waals surface area contributed by atoms with Gasteiger partial charge in [0.1, 0.15) is 10.6 Å². The van der Waals surface area contributed by atoms with Crippen LogP contribution in [0.3, 0.4) is 0 Å². The molecule has 4 nitrogen and oxygen atoms in total. The zero-order valence-electron chi connectivity index (χ0n) is 15.9. The van der Waals surface area contributed by atoms with Gasteiger partial charge in [-0.05, 0) is 31.4 Å². The molecule has 0 spiro atoms. The van der Waals surface area contributed by atoms with Gasteiger partial charge in [-0.3, -0.25) is 9.36 Å². The Balaban J connectivity index is 1.74. The van der Waals surface area contributed by atoms with Crippen LogP contribution in [0.5, 0.6) is 5.75 Å². The third-order valence-corrected chi connectivity index (χ3v) is 7.35. The van der Waals surface area contributed by atoms with Crippen molar-refractivity contribution in [3.63, 3.8) is 0 Å². The normalized spacial score (nSPS) is 11.2. The zero-order valence-corrected chi connectivity index (χ0v) is 18.3. The van der Waals surface area contributed by atoms with Gasteiger partial charge in [-0.1, -0.05) is 35.5 Å². The van der Waals surface area contributed by atoms with Gasteiger partial charge >= 0.3 is 0 Å². The average Bonchev–Trinajstić information content (AvgIpc) is 3.36. The van der Waals surface area contributed by atoms with Crippen LogP contribution < -0.4 is 10.3 Å². The number of thiophene rings is 2. The summed E-state index contributed by atoms with van der Waals surface area (Å²) < 4.78 is 7.26. The molecule has 0 N–H and O–H groups in total. The van der Waals surface area contributed by atoms with Crippen molar-refractivity contribution in [3.05, 3.63) is 62.6 Å². The van der Waals surface area contributed by atoms with E-state index >= 15 is 0 Å². The Kier molecular flexibility index (Phi) is 5.57. The number of aromatic nitrogens is 2. The molecular weight excluding hydrogens is 408 g/mol. The van der Waals surface area contributed by atoms with E-state index in [0.29, 0.717) is 12.3 Å². The number of hydrogen-bond acceptors (Lipinski definition) is 6. The van der Waals surface area contributed by atoms with Gasteiger partial charge < -0.3 is 4.74 Å². The summed E-state index contributed by atoms with van der Waals surface area (Å²) in [6.45, 7) is 4.65. The molecule has 0 unspecified atom stereocenters. The Bertz CT molecular complexity index is 1180. The Morgan fingerprint density at radius 2 is 2.11 bits per heavy atom. The minimum absolute atomic E-state index is 0.0378. The predicted octanol–water partition coefficient (Wildman–Crippen LogP) is 5.82. The first kappa shape index (κ1) is 19.2. The highest BCUT2D eigenvalue weighted by Crippen LogP contribution is 2.35. The Morgan fingerprint density at radius 1 is 1.25 bits per heavy atom. The number of thioether (sulfide) groups is 1. The number of hydrogen-bond donors (Lipinski definition) is 0. The number of methoxy groups -OCH3 is 1. The van der Waals surface area contributed by atoms with E-state index in [1.54, 1.807) is 34.8 Å². The largest absolute Gasteiger partial charge is 0.496 e. The first-order valence-electron chi connectivity index (χ1n) is 8.94. The summed E-state index contributed by atoms with van der Waals surface area (Å²) in [4.78, 5) is 20.0. The second-order valence-electron chi connectivity index (χ2n) is 6.35. The SMILES string of the molecule is CCn1c(SCc2cc(C)ccc2OC)nc2scc(-c3cccs3)c2c1=O. The molecule has 0 aliphatic heterocycles. The lowest BCUT2D eigenvalue weighted by molar-refractivity contribution is 0.411. The van der Waals surface area contributed by atoms with Crippen molar-refractivity contribution in [1.82, 2.24) is 9.55 Å². The summed E-state index contributed by atoms with van der Waals surface area (Å²) in [5.74, 6) is 1.56. The van der Waals surface area contributed by atoms with E-state index in [4.69, 9.17) is 9.72 Å². The molecule has 4 rings (SSSR count). The summed E-state index contributed by atoms with van der Waals surface area (Å²) in [6, 6.07) is 10.2. The summed E-state index contributed by atoms with van der Waals surface area (Å²) in [5, 5.41) is 5.56. The number of rotatable bonds is 6. The summed E-state index contributed by atoms with van der Waals surface area (Å²) in [5.41, 5.74) is 3.32. The standard InChI is InChI=1S/C21H20N2O2S3/c1-4-23-20(24)18-15(17-6-5-9-26-17)12-27-19(18)22-21(23)28-11-14-10-13(2)7-8-16(14)25-3/h5-10,12H,4,11H2,1-3H3. The quantitative estimate of drug-likeness (QED) is 0.287. The number of nitrogens with zero attached hydrogens (tertiary/aromatic N) is 2. The van der Waals surface area contributed by atoms with Gasteiger partial charge in [0, 0.05) is 33.7 Å². The molecule has 0 aliphatic rings. The minimum atomic E-state index is 0.0378. The fourth-order valence-corrected chi connectivity index (χ4v) is 6.01. The van der Waals surface area contributed by atoms with E-state index < -0.39 is 0 Å². The van der Waals surface area contributed by atoms with E-state index in [2.05, 4.69) is 19.1 Å². The number of fused-ring (bicyclic) bond motifs is 1. The van der Waals surface area contributed by atoms with Gasteiger partial charge in [-0.25, -0.2) is 4.98 Å². The summed E-state index contributed by atoms with van der Waals surface area (Å²) in [7, 11) is 1.68. The molecule has 0 bridgehead atoms. The van der Waals surface area contributed by atoms with Crippen molar-refractivity contribution in [2.24, 2.45) is 0 Å². The maximum absolute atomic E-state index is 13.2. The van der Waals surface area contributed by atoms with E-state index in [9.17, 15) is 4.79 Å². The van der Waals surface area contributed by atoms with Crippen LogP contribution in [0.4, 0.5) is 0 Å². The highest BCUT2D eigenvalue weighted by molar-refractivity contribution is 7.98. The summed E-state index contributed by atoms with van der Waals surface area (Å²) in [6.07, 6.45) is 0. The van der Waals surface area contributed by atoms with Gasteiger partial charge in [0.25, 0.3) is 5.56 Å². The van der Waals surface area contributed by atoms with Gasteiger partial charge in [0.05, 0.1) is 12.5 Å². The third-order valence-electron chi connectivity index (χ3n) is 4.55. The van der Waals surface area contributed by atoms with Crippen LogP contribution in [-0.2, 0) is 12.3 Å². The van der Waals surface area contributed by atoms with Gasteiger partial charge in [-0.2, -0.15) is 0 Å². The topological polar surface area (TPSA) is 44.1 Å². The third kappa shape index (κ3) is 3.50. The van der Waals surface area contributed by atoms with Gasteiger partial charge in [0.15, 0.2) is 5.16 Å². The highest BCUT2D eigenvalue weighted by atomic mass is 32.2. The Hall–Kier alpha value is -2.09. The molecule has 0 atom stereocenters. The Morgan fingerprint density at radius 3 is 2.82 bits per heavy atom. The molecule has 3 aromatic heterocycles. The Labute approximate surface area is 175 Å². The van der Waals surface area contributed by atoms with Crippen molar-refractivity contribution in [1.29, 1.82) is 0 Å². The van der Waals surface area contributed by atoms with Crippen LogP contribution >= 0.6 is 34.4 Å². The molecular formula is C21H20N2O2S3. The van der Waals surface area contributed by atoms with E-state index in [0.717, 1.165) is 37.1 Å². The molecule has 0 radical (unpaired) electrons. The molecule has 7 heteroatoms. The second-order valence-corrected chi connectivity index (χ2v) is 9.10. The lowest BCUT2D eigenvalue weighted by Gasteiger charge is -2.12. The van der Waals surface area contributed by atoms with E-state index in [1.807, 2.05) is 35.9 Å². The molecule has 0 amide bonds. The highest BCUT2D eigenvalue weighted by Gasteiger charge is 2.17. The number of benzene rings is 1. The zero-order chi connectivity index (χ0) is 19.7. The lowest BCUT2D eigenvalue weighted by atomic mass is 10.1.